The first kappa shape index (κ1) is 19.2. The number of aromatic nitrogens is 1. The van der Waals surface area contributed by atoms with Crippen LogP contribution >= 0.6 is 0 Å². The van der Waals surface area contributed by atoms with Gasteiger partial charge in [-0.05, 0) is 62.4 Å². The lowest BCUT2D eigenvalue weighted by molar-refractivity contribution is 0.393. The molecule has 0 bridgehead atoms. The van der Waals surface area contributed by atoms with Gasteiger partial charge in [-0.2, -0.15) is 0 Å². The summed E-state index contributed by atoms with van der Waals surface area (Å²) < 4.78 is 34.4. The van der Waals surface area contributed by atoms with Crippen LogP contribution in [-0.4, -0.2) is 13.6 Å². The molecule has 0 aliphatic carbocycles. The van der Waals surface area contributed by atoms with E-state index in [1.807, 2.05) is 58.0 Å². The lowest BCUT2D eigenvalue weighted by Crippen LogP contribution is -2.16. The smallest absolute Gasteiger partial charge is 0.262 e. The average Bonchev–Trinajstić information content (AvgIpc) is 2.95. The van der Waals surface area contributed by atoms with E-state index in [1.165, 1.54) is 0 Å². The van der Waals surface area contributed by atoms with E-state index in [0.29, 0.717) is 17.0 Å². The second-order valence-corrected chi connectivity index (χ2v) is 8.40. The molecule has 0 aliphatic rings. The molecular weight excluding hydrogens is 360 g/mol. The van der Waals surface area contributed by atoms with Gasteiger partial charge in [-0.3, -0.25) is 4.72 Å². The van der Waals surface area contributed by atoms with Crippen molar-refractivity contribution in [1.82, 2.24) is 5.16 Å². The van der Waals surface area contributed by atoms with E-state index in [2.05, 4.69) is 9.88 Å². The maximum absolute atomic E-state index is 13.2. The highest BCUT2D eigenvalue weighted by atomic mass is 32.2. The predicted molar refractivity (Wildman–Crippen MR) is 108 cm³/mol. The van der Waals surface area contributed by atoms with Gasteiger partial charge in [-0.25, -0.2) is 8.42 Å². The minimum atomic E-state index is -3.74. The zero-order valence-electron chi connectivity index (χ0n) is 16.3. The van der Waals surface area contributed by atoms with Gasteiger partial charge in [0.1, 0.15) is 5.76 Å². The Morgan fingerprint density at radius 3 is 2.41 bits per heavy atom. The molecule has 142 valence electrons. The normalized spacial score (nSPS) is 11.6. The van der Waals surface area contributed by atoms with Crippen LogP contribution in [0.5, 0.6) is 0 Å². The van der Waals surface area contributed by atoms with Crippen LogP contribution in [0.4, 0.5) is 5.69 Å². The van der Waals surface area contributed by atoms with Crippen molar-refractivity contribution >= 4 is 15.7 Å². The molecule has 0 atom stereocenters. The molecule has 0 aliphatic heterocycles. The summed E-state index contributed by atoms with van der Waals surface area (Å²) in [6, 6.07) is 11.2. The summed E-state index contributed by atoms with van der Waals surface area (Å²) in [4.78, 5) is 0.255. The topological polar surface area (TPSA) is 72.2 Å². The van der Waals surface area contributed by atoms with Crippen molar-refractivity contribution in [3.8, 4) is 11.1 Å². The number of hydrogen-bond donors (Lipinski definition) is 1. The van der Waals surface area contributed by atoms with Crippen LogP contribution in [0.15, 0.2) is 45.8 Å². The standard InChI is InChI=1S/C21H24N2O3S/c1-6-17-9-7-8-14(3)21(17)23-27(24,25)19-12-18(11-10-13(19)2)20-15(4)22-26-16(20)5/h7-12,23H,6H2,1-5H3. The molecule has 1 aromatic heterocycles. The van der Waals surface area contributed by atoms with Gasteiger partial charge in [0.2, 0.25) is 0 Å². The third-order valence-electron chi connectivity index (χ3n) is 4.78. The van der Waals surface area contributed by atoms with E-state index in [0.717, 1.165) is 34.4 Å². The Hall–Kier alpha value is -2.60. The molecule has 0 saturated heterocycles. The first-order chi connectivity index (χ1) is 12.7. The summed E-state index contributed by atoms with van der Waals surface area (Å²) >= 11 is 0. The monoisotopic (exact) mass is 384 g/mol. The molecule has 1 N–H and O–H groups in total. The van der Waals surface area contributed by atoms with Crippen LogP contribution in [0.1, 0.15) is 35.1 Å². The van der Waals surface area contributed by atoms with Crippen LogP contribution in [0.3, 0.4) is 0 Å². The Labute approximate surface area is 160 Å². The molecule has 5 nitrogen and oxygen atoms in total. The van der Waals surface area contributed by atoms with Crippen molar-refractivity contribution in [2.24, 2.45) is 0 Å². The Morgan fingerprint density at radius 2 is 1.78 bits per heavy atom. The summed E-state index contributed by atoms with van der Waals surface area (Å²) in [6.07, 6.45) is 0.748. The molecule has 6 heteroatoms. The third-order valence-corrected chi connectivity index (χ3v) is 6.27. The third kappa shape index (κ3) is 3.62. The summed E-state index contributed by atoms with van der Waals surface area (Å²) in [5.41, 5.74) is 5.55. The van der Waals surface area contributed by atoms with Crippen molar-refractivity contribution in [2.45, 2.75) is 45.9 Å². The minimum absolute atomic E-state index is 0.255. The van der Waals surface area contributed by atoms with Crippen molar-refractivity contribution in [3.05, 3.63) is 64.5 Å². The fourth-order valence-electron chi connectivity index (χ4n) is 3.30. The summed E-state index contributed by atoms with van der Waals surface area (Å²) in [5, 5.41) is 3.97. The van der Waals surface area contributed by atoms with E-state index in [4.69, 9.17) is 4.52 Å². The van der Waals surface area contributed by atoms with Crippen molar-refractivity contribution in [2.75, 3.05) is 4.72 Å². The Balaban J connectivity index is 2.09. The number of anilines is 1. The second kappa shape index (κ2) is 7.19. The van der Waals surface area contributed by atoms with Crippen LogP contribution < -0.4 is 4.72 Å². The molecule has 0 spiro atoms. The Bertz CT molecular complexity index is 1080. The molecular formula is C21H24N2O3S. The maximum atomic E-state index is 13.2. The fraction of sp³-hybridized carbons (Fsp3) is 0.286. The van der Waals surface area contributed by atoms with E-state index in [9.17, 15) is 8.42 Å². The highest BCUT2D eigenvalue weighted by Gasteiger charge is 2.21. The van der Waals surface area contributed by atoms with Gasteiger partial charge in [-0.15, -0.1) is 0 Å². The number of benzene rings is 2. The lowest BCUT2D eigenvalue weighted by Gasteiger charge is -2.16. The van der Waals surface area contributed by atoms with Crippen molar-refractivity contribution < 1.29 is 12.9 Å². The first-order valence-electron chi connectivity index (χ1n) is 8.89. The fourth-order valence-corrected chi connectivity index (χ4v) is 4.74. The van der Waals surface area contributed by atoms with E-state index >= 15 is 0 Å². The van der Waals surface area contributed by atoms with Gasteiger partial charge < -0.3 is 4.52 Å². The zero-order valence-corrected chi connectivity index (χ0v) is 17.1. The molecule has 0 radical (unpaired) electrons. The SMILES string of the molecule is CCc1cccc(C)c1NS(=O)(=O)c1cc(-c2c(C)noc2C)ccc1C. The lowest BCUT2D eigenvalue weighted by atomic mass is 10.0. The summed E-state index contributed by atoms with van der Waals surface area (Å²) in [6.45, 7) is 9.38. The van der Waals surface area contributed by atoms with E-state index in [-0.39, 0.29) is 4.90 Å². The minimum Gasteiger partial charge on any atom is -0.361 e. The number of hydrogen-bond acceptors (Lipinski definition) is 4. The number of aryl methyl sites for hydroxylation is 5. The van der Waals surface area contributed by atoms with Gasteiger partial charge >= 0.3 is 0 Å². The summed E-state index contributed by atoms with van der Waals surface area (Å²) in [5.74, 6) is 0.667. The summed E-state index contributed by atoms with van der Waals surface area (Å²) in [7, 11) is -3.74. The van der Waals surface area contributed by atoms with Gasteiger partial charge in [0.25, 0.3) is 10.0 Å². The highest BCUT2D eigenvalue weighted by molar-refractivity contribution is 7.92. The van der Waals surface area contributed by atoms with Crippen LogP contribution in [-0.2, 0) is 16.4 Å². The number of rotatable bonds is 5. The number of nitrogens with one attached hydrogen (secondary N) is 1. The van der Waals surface area contributed by atoms with Crippen LogP contribution in [0.2, 0.25) is 0 Å². The molecule has 3 rings (SSSR count). The first-order valence-corrected chi connectivity index (χ1v) is 10.4. The molecule has 0 amide bonds. The van der Waals surface area contributed by atoms with Crippen LogP contribution in [0, 0.1) is 27.7 Å². The van der Waals surface area contributed by atoms with E-state index in [1.54, 1.807) is 13.0 Å². The highest BCUT2D eigenvalue weighted by Crippen LogP contribution is 2.31. The molecule has 27 heavy (non-hydrogen) atoms. The molecule has 3 aromatic rings. The zero-order chi connectivity index (χ0) is 19.8. The second-order valence-electron chi connectivity index (χ2n) is 6.75. The average molecular weight is 385 g/mol. The van der Waals surface area contributed by atoms with Crippen LogP contribution in [0.25, 0.3) is 11.1 Å². The molecule has 1 heterocycles. The predicted octanol–water partition coefficient (Wildman–Crippen LogP) is 4.94. The van der Waals surface area contributed by atoms with Crippen molar-refractivity contribution in [3.63, 3.8) is 0 Å². The van der Waals surface area contributed by atoms with Crippen molar-refractivity contribution in [1.29, 1.82) is 0 Å². The molecule has 0 saturated carbocycles. The largest absolute Gasteiger partial charge is 0.361 e. The maximum Gasteiger partial charge on any atom is 0.262 e. The molecule has 0 fully saturated rings. The number of para-hydroxylation sites is 1. The van der Waals surface area contributed by atoms with Gasteiger partial charge in [0, 0.05) is 5.56 Å². The van der Waals surface area contributed by atoms with Gasteiger partial charge in [-0.1, -0.05) is 42.4 Å². The van der Waals surface area contributed by atoms with Gasteiger partial charge in [0.15, 0.2) is 0 Å². The Morgan fingerprint density at radius 1 is 1.04 bits per heavy atom. The Kier molecular flexibility index (Phi) is 5.11. The molecule has 0 unspecified atom stereocenters. The number of nitrogens with zero attached hydrogens (tertiary/aromatic N) is 1. The molecule has 2 aromatic carbocycles. The van der Waals surface area contributed by atoms with E-state index < -0.39 is 10.0 Å². The van der Waals surface area contributed by atoms with Gasteiger partial charge in [0.05, 0.1) is 16.3 Å². The number of sulfonamides is 1. The quantitative estimate of drug-likeness (QED) is 0.676.